The minimum absolute atomic E-state index is 0.0163. The van der Waals surface area contributed by atoms with Crippen LogP contribution in [0.25, 0.3) is 6.08 Å². The Kier molecular flexibility index (Phi) is 5.07. The molecule has 0 amide bonds. The van der Waals surface area contributed by atoms with Gasteiger partial charge < -0.3 is 9.47 Å². The zero-order valence-corrected chi connectivity index (χ0v) is 16.1. The van der Waals surface area contributed by atoms with Crippen molar-refractivity contribution in [2.75, 3.05) is 0 Å². The third kappa shape index (κ3) is 3.87. The van der Waals surface area contributed by atoms with E-state index in [4.69, 9.17) is 21.1 Å². The summed E-state index contributed by atoms with van der Waals surface area (Å²) in [7, 11) is 0. The van der Waals surface area contributed by atoms with Crippen LogP contribution in [0.5, 0.6) is 11.5 Å². The average molecular weight is 413 g/mol. The topological polar surface area (TPSA) is 35.5 Å². The molecule has 1 aliphatic heterocycles. The molecule has 3 aromatic carbocycles. The van der Waals surface area contributed by atoms with E-state index >= 15 is 0 Å². The van der Waals surface area contributed by atoms with Crippen LogP contribution in [0.3, 0.4) is 0 Å². The summed E-state index contributed by atoms with van der Waals surface area (Å²) in [5, 5.41) is 0.181. The Morgan fingerprint density at radius 2 is 1.90 bits per heavy atom. The van der Waals surface area contributed by atoms with Gasteiger partial charge in [-0.1, -0.05) is 29.8 Å². The van der Waals surface area contributed by atoms with Crippen molar-refractivity contribution in [2.24, 2.45) is 0 Å². The molecule has 0 atom stereocenters. The van der Waals surface area contributed by atoms with Crippen molar-refractivity contribution in [3.63, 3.8) is 0 Å². The predicted molar refractivity (Wildman–Crippen MR) is 106 cm³/mol. The number of hydrogen-bond acceptors (Lipinski definition) is 3. The summed E-state index contributed by atoms with van der Waals surface area (Å²) in [4.78, 5) is 12.7. The molecule has 4 rings (SSSR count). The molecule has 1 heterocycles. The van der Waals surface area contributed by atoms with Crippen molar-refractivity contribution in [1.82, 2.24) is 0 Å². The fraction of sp³-hybridized carbons (Fsp3) is 0.0870. The number of aryl methyl sites for hydroxylation is 1. The van der Waals surface area contributed by atoms with Gasteiger partial charge in [-0.05, 0) is 54.5 Å². The summed E-state index contributed by atoms with van der Waals surface area (Å²) in [5.41, 5.74) is 1.81. The van der Waals surface area contributed by atoms with Crippen LogP contribution < -0.4 is 9.47 Å². The van der Waals surface area contributed by atoms with Gasteiger partial charge in [-0.15, -0.1) is 0 Å². The van der Waals surface area contributed by atoms with E-state index in [9.17, 15) is 13.6 Å². The number of rotatable bonds is 4. The standard InChI is InChI=1S/C23H15ClF2O3/c1-13-8-16(28-12-14-4-2-5-15(25)9-14)10-20-22(13)23(27)21(29-20)11-17-18(24)6-3-7-19(17)26/h2-11H,12H2,1H3/b21-11-. The highest BCUT2D eigenvalue weighted by Crippen LogP contribution is 2.38. The Morgan fingerprint density at radius 3 is 2.66 bits per heavy atom. The number of halogens is 3. The number of Topliss-reactive ketones (excluding diaryl/α,β-unsaturated/α-hetero) is 1. The van der Waals surface area contributed by atoms with Gasteiger partial charge in [0.15, 0.2) is 5.76 Å². The van der Waals surface area contributed by atoms with E-state index in [2.05, 4.69) is 0 Å². The highest BCUT2D eigenvalue weighted by Gasteiger charge is 2.30. The van der Waals surface area contributed by atoms with Crippen molar-refractivity contribution in [3.8, 4) is 11.5 Å². The van der Waals surface area contributed by atoms with Crippen LogP contribution in [0, 0.1) is 18.6 Å². The monoisotopic (exact) mass is 412 g/mol. The first-order valence-electron chi connectivity index (χ1n) is 8.82. The molecule has 0 spiro atoms. The second-order valence-electron chi connectivity index (χ2n) is 6.61. The first-order valence-corrected chi connectivity index (χ1v) is 9.20. The molecular formula is C23H15ClF2O3. The molecule has 0 bridgehead atoms. The zero-order chi connectivity index (χ0) is 20.5. The first kappa shape index (κ1) is 19.2. The van der Waals surface area contributed by atoms with Crippen molar-refractivity contribution in [3.05, 3.63) is 99.3 Å². The van der Waals surface area contributed by atoms with Gasteiger partial charge in [-0.25, -0.2) is 8.78 Å². The van der Waals surface area contributed by atoms with E-state index < -0.39 is 5.82 Å². The Hall–Kier alpha value is -3.18. The van der Waals surface area contributed by atoms with Gasteiger partial charge in [0.05, 0.1) is 10.6 Å². The van der Waals surface area contributed by atoms with Gasteiger partial charge in [0.1, 0.15) is 29.7 Å². The van der Waals surface area contributed by atoms with E-state index in [0.717, 1.165) is 0 Å². The lowest BCUT2D eigenvalue weighted by Crippen LogP contribution is -2.00. The number of hydrogen-bond donors (Lipinski definition) is 0. The van der Waals surface area contributed by atoms with Crippen molar-refractivity contribution >= 4 is 23.5 Å². The number of carbonyl (C=O) groups excluding carboxylic acids is 1. The number of ether oxygens (including phenoxy) is 2. The maximum atomic E-state index is 14.1. The Balaban J connectivity index is 1.60. The molecule has 146 valence electrons. The number of ketones is 1. The molecule has 3 aromatic rings. The Morgan fingerprint density at radius 1 is 1.10 bits per heavy atom. The van der Waals surface area contributed by atoms with Gasteiger partial charge in [-0.2, -0.15) is 0 Å². The second-order valence-corrected chi connectivity index (χ2v) is 7.01. The van der Waals surface area contributed by atoms with E-state index in [1.807, 2.05) is 0 Å². The minimum Gasteiger partial charge on any atom is -0.489 e. The lowest BCUT2D eigenvalue weighted by molar-refractivity contribution is 0.101. The van der Waals surface area contributed by atoms with E-state index in [-0.39, 0.29) is 34.6 Å². The number of benzene rings is 3. The quantitative estimate of drug-likeness (QED) is 0.484. The number of fused-ring (bicyclic) bond motifs is 1. The largest absolute Gasteiger partial charge is 0.489 e. The van der Waals surface area contributed by atoms with Crippen LogP contribution in [0.15, 0.2) is 60.4 Å². The van der Waals surface area contributed by atoms with Crippen LogP contribution in [0.1, 0.15) is 27.0 Å². The summed E-state index contributed by atoms with van der Waals surface area (Å²) in [6.45, 7) is 1.92. The molecule has 0 radical (unpaired) electrons. The highest BCUT2D eigenvalue weighted by atomic mass is 35.5. The summed E-state index contributed by atoms with van der Waals surface area (Å²) >= 11 is 6.04. The molecule has 0 saturated carbocycles. The van der Waals surface area contributed by atoms with Crippen LogP contribution in [-0.4, -0.2) is 5.78 Å². The summed E-state index contributed by atoms with van der Waals surface area (Å²) in [5.74, 6) is -0.461. The normalized spacial score (nSPS) is 14.1. The molecular weight excluding hydrogens is 398 g/mol. The first-order chi connectivity index (χ1) is 13.9. The second kappa shape index (κ2) is 7.68. The maximum absolute atomic E-state index is 14.1. The number of carbonyl (C=O) groups is 1. The number of allylic oxidation sites excluding steroid dienone is 1. The average Bonchev–Trinajstić information content (AvgIpc) is 2.99. The van der Waals surface area contributed by atoms with E-state index in [1.54, 1.807) is 31.2 Å². The minimum atomic E-state index is -0.548. The van der Waals surface area contributed by atoms with Crippen LogP contribution in [-0.2, 0) is 6.61 Å². The summed E-state index contributed by atoms with van der Waals surface area (Å²) in [6.07, 6.45) is 1.30. The Labute approximate surface area is 171 Å². The van der Waals surface area contributed by atoms with Crippen molar-refractivity contribution < 1.29 is 23.0 Å². The molecule has 0 aromatic heterocycles. The molecule has 6 heteroatoms. The van der Waals surface area contributed by atoms with Gasteiger partial charge in [0.2, 0.25) is 5.78 Å². The third-order valence-corrected chi connectivity index (χ3v) is 4.84. The van der Waals surface area contributed by atoms with E-state index in [1.165, 1.54) is 36.4 Å². The van der Waals surface area contributed by atoms with Gasteiger partial charge in [0, 0.05) is 11.6 Å². The fourth-order valence-corrected chi connectivity index (χ4v) is 3.35. The smallest absolute Gasteiger partial charge is 0.232 e. The molecule has 0 aliphatic carbocycles. The third-order valence-electron chi connectivity index (χ3n) is 4.51. The lowest BCUT2D eigenvalue weighted by Gasteiger charge is -2.09. The molecule has 0 N–H and O–H groups in total. The van der Waals surface area contributed by atoms with E-state index in [0.29, 0.717) is 28.2 Å². The molecule has 3 nitrogen and oxygen atoms in total. The van der Waals surface area contributed by atoms with Crippen LogP contribution >= 0.6 is 11.6 Å². The zero-order valence-electron chi connectivity index (χ0n) is 15.3. The highest BCUT2D eigenvalue weighted by molar-refractivity contribution is 6.32. The SMILES string of the molecule is Cc1cc(OCc2cccc(F)c2)cc2c1C(=O)/C(=C/c1c(F)cccc1Cl)O2. The van der Waals surface area contributed by atoms with Gasteiger partial charge in [0.25, 0.3) is 0 Å². The maximum Gasteiger partial charge on any atom is 0.232 e. The van der Waals surface area contributed by atoms with Crippen molar-refractivity contribution in [2.45, 2.75) is 13.5 Å². The molecule has 29 heavy (non-hydrogen) atoms. The van der Waals surface area contributed by atoms with Crippen molar-refractivity contribution in [1.29, 1.82) is 0 Å². The predicted octanol–water partition coefficient (Wildman–Crippen LogP) is 6.12. The Bertz CT molecular complexity index is 1130. The molecule has 0 saturated heterocycles. The molecule has 0 fully saturated rings. The lowest BCUT2D eigenvalue weighted by atomic mass is 10.0. The van der Waals surface area contributed by atoms with Gasteiger partial charge >= 0.3 is 0 Å². The van der Waals surface area contributed by atoms with Crippen LogP contribution in [0.2, 0.25) is 5.02 Å². The fourth-order valence-electron chi connectivity index (χ4n) is 3.13. The molecule has 1 aliphatic rings. The molecule has 0 unspecified atom stereocenters. The van der Waals surface area contributed by atoms with Crippen LogP contribution in [0.4, 0.5) is 8.78 Å². The van der Waals surface area contributed by atoms with Gasteiger partial charge in [-0.3, -0.25) is 4.79 Å². The summed E-state index contributed by atoms with van der Waals surface area (Å²) < 4.78 is 38.7. The summed E-state index contributed by atoms with van der Waals surface area (Å²) in [6, 6.07) is 13.7.